The quantitative estimate of drug-likeness (QED) is 0.635. The summed E-state index contributed by atoms with van der Waals surface area (Å²) in [4.78, 5) is 22.3. The smallest absolute Gasteiger partial charge is 0.265 e. The van der Waals surface area contributed by atoms with Crippen molar-refractivity contribution in [3.05, 3.63) is 34.3 Å². The van der Waals surface area contributed by atoms with E-state index in [1.807, 2.05) is 0 Å². The first-order valence-corrected chi connectivity index (χ1v) is 3.87. The highest BCUT2D eigenvalue weighted by atomic mass is 35.5. The summed E-state index contributed by atoms with van der Waals surface area (Å²) < 4.78 is 0. The predicted molar refractivity (Wildman–Crippen MR) is 45.0 cm³/mol. The number of carbonyl (C=O) groups is 2. The highest BCUT2D eigenvalue weighted by Gasteiger charge is 2.23. The molecule has 13 heavy (non-hydrogen) atoms. The van der Waals surface area contributed by atoms with Crippen LogP contribution in [0.4, 0.5) is 0 Å². The molecule has 0 bridgehead atoms. The molecule has 1 heterocycles. The van der Waals surface area contributed by atoms with Gasteiger partial charge in [-0.05, 0) is 12.1 Å². The van der Waals surface area contributed by atoms with Gasteiger partial charge in [-0.1, -0.05) is 17.7 Å². The second kappa shape index (κ2) is 2.74. The molecule has 1 aromatic carbocycles. The Morgan fingerprint density at radius 1 is 1.08 bits per heavy atom. The number of nitrogens with zero attached hydrogens (tertiary/aromatic N) is 2. The van der Waals surface area contributed by atoms with Crippen LogP contribution in [-0.2, 0) is 0 Å². The molecule has 0 radical (unpaired) electrons. The molecule has 0 atom stereocenters. The summed E-state index contributed by atoms with van der Waals surface area (Å²) in [5.74, 6) is -1.10. The Kier molecular flexibility index (Phi) is 1.70. The monoisotopic (exact) mass is 194 g/mol. The van der Waals surface area contributed by atoms with Crippen molar-refractivity contribution in [2.75, 3.05) is 0 Å². The molecule has 0 aromatic heterocycles. The van der Waals surface area contributed by atoms with Gasteiger partial charge in [0.05, 0.1) is 16.1 Å². The fourth-order valence-electron chi connectivity index (χ4n) is 1.11. The van der Waals surface area contributed by atoms with Crippen molar-refractivity contribution in [1.82, 2.24) is 0 Å². The van der Waals surface area contributed by atoms with Crippen LogP contribution in [-0.4, -0.2) is 11.8 Å². The van der Waals surface area contributed by atoms with E-state index in [9.17, 15) is 9.59 Å². The first-order chi connectivity index (χ1) is 6.20. The maximum atomic E-state index is 11.2. The number of amides is 2. The molecule has 5 heteroatoms. The van der Waals surface area contributed by atoms with Crippen LogP contribution < -0.4 is 0 Å². The Morgan fingerprint density at radius 3 is 2.46 bits per heavy atom. The van der Waals surface area contributed by atoms with Gasteiger partial charge in [-0.15, -0.1) is 10.2 Å². The SMILES string of the molecule is O=C1N=NC(=O)c2c(Cl)cccc21. The lowest BCUT2D eigenvalue weighted by Crippen LogP contribution is -2.11. The van der Waals surface area contributed by atoms with Crippen molar-refractivity contribution >= 4 is 23.4 Å². The topological polar surface area (TPSA) is 58.9 Å². The zero-order valence-electron chi connectivity index (χ0n) is 6.32. The van der Waals surface area contributed by atoms with Gasteiger partial charge < -0.3 is 0 Å². The highest BCUT2D eigenvalue weighted by molar-refractivity contribution is 6.35. The molecule has 2 amide bonds. The van der Waals surface area contributed by atoms with E-state index in [0.29, 0.717) is 0 Å². The lowest BCUT2D eigenvalue weighted by atomic mass is 10.1. The third-order valence-corrected chi connectivity index (χ3v) is 2.00. The molecule has 0 fully saturated rings. The molecule has 64 valence electrons. The van der Waals surface area contributed by atoms with Crippen LogP contribution in [0.25, 0.3) is 0 Å². The van der Waals surface area contributed by atoms with Gasteiger partial charge in [0.2, 0.25) is 0 Å². The molecule has 4 nitrogen and oxygen atoms in total. The molecule has 2 rings (SSSR count). The fourth-order valence-corrected chi connectivity index (χ4v) is 1.37. The maximum Gasteiger partial charge on any atom is 0.297 e. The van der Waals surface area contributed by atoms with Crippen molar-refractivity contribution < 1.29 is 9.59 Å². The van der Waals surface area contributed by atoms with Gasteiger partial charge in [0.15, 0.2) is 0 Å². The summed E-state index contributed by atoms with van der Waals surface area (Å²) in [6.45, 7) is 0. The average Bonchev–Trinajstić information content (AvgIpc) is 2.12. The minimum absolute atomic E-state index is 0.143. The largest absolute Gasteiger partial charge is 0.297 e. The van der Waals surface area contributed by atoms with E-state index in [1.54, 1.807) is 6.07 Å². The molecule has 0 spiro atoms. The number of rotatable bonds is 0. The van der Waals surface area contributed by atoms with Gasteiger partial charge in [0.25, 0.3) is 11.8 Å². The van der Waals surface area contributed by atoms with Gasteiger partial charge in [-0.3, -0.25) is 9.59 Å². The molecule has 1 aliphatic rings. The first kappa shape index (κ1) is 8.07. The molecular formula is C8H3ClN2O2. The number of carbonyl (C=O) groups excluding carboxylic acids is 2. The lowest BCUT2D eigenvalue weighted by molar-refractivity contribution is 0.0921. The Morgan fingerprint density at radius 2 is 1.77 bits per heavy atom. The van der Waals surface area contributed by atoms with Gasteiger partial charge in [0, 0.05) is 0 Å². The van der Waals surface area contributed by atoms with Gasteiger partial charge in [-0.25, -0.2) is 0 Å². The standard InChI is InChI=1S/C8H3ClN2O2/c9-5-3-1-2-4-6(5)8(13)11-10-7(4)12/h1-3H. The van der Waals surface area contributed by atoms with Crippen LogP contribution in [0.15, 0.2) is 28.4 Å². The number of fused-ring (bicyclic) bond motifs is 1. The highest BCUT2D eigenvalue weighted by Crippen LogP contribution is 2.24. The van der Waals surface area contributed by atoms with Crippen LogP contribution in [0.5, 0.6) is 0 Å². The van der Waals surface area contributed by atoms with E-state index < -0.39 is 11.8 Å². The molecule has 1 aliphatic heterocycles. The van der Waals surface area contributed by atoms with Crippen molar-refractivity contribution in [3.8, 4) is 0 Å². The van der Waals surface area contributed by atoms with Gasteiger partial charge in [0.1, 0.15) is 0 Å². The van der Waals surface area contributed by atoms with Crippen molar-refractivity contribution in [3.63, 3.8) is 0 Å². The maximum absolute atomic E-state index is 11.2. The van der Waals surface area contributed by atoms with E-state index in [1.165, 1.54) is 12.1 Å². The van der Waals surface area contributed by atoms with Crippen molar-refractivity contribution in [1.29, 1.82) is 0 Å². The van der Waals surface area contributed by atoms with Crippen LogP contribution in [0.2, 0.25) is 5.02 Å². The molecule has 0 aliphatic carbocycles. The third-order valence-electron chi connectivity index (χ3n) is 1.69. The lowest BCUT2D eigenvalue weighted by Gasteiger charge is -2.07. The van der Waals surface area contributed by atoms with Gasteiger partial charge in [-0.2, -0.15) is 0 Å². The minimum atomic E-state index is -0.569. The first-order valence-electron chi connectivity index (χ1n) is 3.49. The zero-order chi connectivity index (χ0) is 9.42. The van der Waals surface area contributed by atoms with Crippen molar-refractivity contribution in [2.45, 2.75) is 0 Å². The summed E-state index contributed by atoms with van der Waals surface area (Å²) in [5, 5.41) is 6.57. The molecule has 0 N–H and O–H groups in total. The summed E-state index contributed by atoms with van der Waals surface area (Å²) >= 11 is 5.73. The summed E-state index contributed by atoms with van der Waals surface area (Å²) in [6.07, 6.45) is 0. The predicted octanol–water partition coefficient (Wildman–Crippen LogP) is 2.09. The normalized spacial score (nSPS) is 14.5. The van der Waals surface area contributed by atoms with E-state index in [0.717, 1.165) is 0 Å². The van der Waals surface area contributed by atoms with Crippen LogP contribution >= 0.6 is 11.6 Å². The average molecular weight is 195 g/mol. The number of benzene rings is 1. The summed E-state index contributed by atoms with van der Waals surface area (Å²) in [7, 11) is 0. The Hall–Kier alpha value is -1.55. The fraction of sp³-hybridized carbons (Fsp3) is 0. The zero-order valence-corrected chi connectivity index (χ0v) is 7.08. The van der Waals surface area contributed by atoms with Crippen LogP contribution in [0.3, 0.4) is 0 Å². The van der Waals surface area contributed by atoms with Gasteiger partial charge >= 0.3 is 0 Å². The number of azo groups is 1. The number of hydrogen-bond acceptors (Lipinski definition) is 2. The number of halogens is 1. The Balaban J connectivity index is 2.76. The minimum Gasteiger partial charge on any atom is -0.265 e. The van der Waals surface area contributed by atoms with Crippen LogP contribution in [0, 0.1) is 0 Å². The van der Waals surface area contributed by atoms with Crippen molar-refractivity contribution in [2.24, 2.45) is 10.2 Å². The third kappa shape index (κ3) is 1.15. The van der Waals surface area contributed by atoms with E-state index in [-0.39, 0.29) is 16.1 Å². The van der Waals surface area contributed by atoms with E-state index in [4.69, 9.17) is 11.6 Å². The molecule has 1 aromatic rings. The second-order valence-electron chi connectivity index (χ2n) is 2.47. The van der Waals surface area contributed by atoms with E-state index >= 15 is 0 Å². The number of hydrogen-bond donors (Lipinski definition) is 0. The summed E-state index contributed by atoms with van der Waals surface area (Å²) in [5.41, 5.74) is 0.358. The second-order valence-corrected chi connectivity index (χ2v) is 2.88. The molecule has 0 unspecified atom stereocenters. The van der Waals surface area contributed by atoms with Crippen LogP contribution in [0.1, 0.15) is 20.7 Å². The Labute approximate surface area is 78.2 Å². The Bertz CT molecular complexity index is 440. The summed E-state index contributed by atoms with van der Waals surface area (Å²) in [6, 6.07) is 4.62. The molecule has 0 saturated heterocycles. The molecule has 0 saturated carbocycles. The van der Waals surface area contributed by atoms with E-state index in [2.05, 4.69) is 10.2 Å². The molecular weight excluding hydrogens is 192 g/mol.